The van der Waals surface area contributed by atoms with Crippen LogP contribution >= 0.6 is 15.9 Å². The van der Waals surface area contributed by atoms with Gasteiger partial charge >= 0.3 is 0 Å². The lowest BCUT2D eigenvalue weighted by Crippen LogP contribution is -2.41. The predicted molar refractivity (Wildman–Crippen MR) is 113 cm³/mol. The highest BCUT2D eigenvalue weighted by atomic mass is 79.9. The van der Waals surface area contributed by atoms with E-state index >= 15 is 0 Å². The lowest BCUT2D eigenvalue weighted by atomic mass is 10.2. The molecule has 7 nitrogen and oxygen atoms in total. The number of para-hydroxylation sites is 2. The number of benzene rings is 2. The molecule has 0 aliphatic heterocycles. The van der Waals surface area contributed by atoms with E-state index < -0.39 is 15.9 Å². The Kier molecular flexibility index (Phi) is 7.70. The van der Waals surface area contributed by atoms with Gasteiger partial charge in [-0.25, -0.2) is 8.42 Å². The second kappa shape index (κ2) is 9.79. The minimum absolute atomic E-state index is 0.225. The summed E-state index contributed by atoms with van der Waals surface area (Å²) in [5.74, 6) is 0.750. The molecule has 2 aromatic rings. The van der Waals surface area contributed by atoms with Gasteiger partial charge < -0.3 is 14.8 Å². The fourth-order valence-corrected chi connectivity index (χ4v) is 3.55. The van der Waals surface area contributed by atoms with Crippen LogP contribution in [0.1, 0.15) is 5.56 Å². The van der Waals surface area contributed by atoms with Crippen LogP contribution in [-0.2, 0) is 14.8 Å². The summed E-state index contributed by atoms with van der Waals surface area (Å²) in [4.78, 5) is 12.3. The number of methoxy groups -OCH3 is 1. The van der Waals surface area contributed by atoms with Gasteiger partial charge in [-0.2, -0.15) is 0 Å². The summed E-state index contributed by atoms with van der Waals surface area (Å²) in [6.07, 6.45) is 1.07. The molecule has 152 valence electrons. The van der Waals surface area contributed by atoms with Crippen LogP contribution in [0.2, 0.25) is 0 Å². The zero-order chi connectivity index (χ0) is 20.7. The fraction of sp³-hybridized carbons (Fsp3) is 0.316. The van der Waals surface area contributed by atoms with Crippen molar-refractivity contribution in [2.75, 3.05) is 37.4 Å². The van der Waals surface area contributed by atoms with Crippen molar-refractivity contribution in [3.63, 3.8) is 0 Å². The average molecular weight is 471 g/mol. The lowest BCUT2D eigenvalue weighted by Gasteiger charge is -2.22. The number of anilines is 1. The summed E-state index contributed by atoms with van der Waals surface area (Å²) in [5, 5.41) is 2.67. The van der Waals surface area contributed by atoms with Crippen molar-refractivity contribution >= 4 is 37.5 Å². The molecule has 0 aliphatic rings. The van der Waals surface area contributed by atoms with Gasteiger partial charge in [-0.05, 0) is 42.8 Å². The van der Waals surface area contributed by atoms with Crippen LogP contribution < -0.4 is 19.1 Å². The molecule has 0 atom stereocenters. The minimum Gasteiger partial charge on any atom is -0.493 e. The van der Waals surface area contributed by atoms with E-state index in [1.54, 1.807) is 37.4 Å². The van der Waals surface area contributed by atoms with Crippen LogP contribution in [0.3, 0.4) is 0 Å². The second-order valence-corrected chi connectivity index (χ2v) is 8.81. The number of carbonyl (C=O) groups is 1. The molecule has 0 aliphatic carbocycles. The van der Waals surface area contributed by atoms with E-state index in [1.165, 1.54) is 0 Å². The number of ether oxygens (including phenoxy) is 2. The van der Waals surface area contributed by atoms with Gasteiger partial charge in [-0.1, -0.05) is 28.1 Å². The summed E-state index contributed by atoms with van der Waals surface area (Å²) in [7, 11) is -2.07. The van der Waals surface area contributed by atoms with Gasteiger partial charge in [0.15, 0.2) is 11.5 Å². The number of sulfonamides is 1. The topological polar surface area (TPSA) is 84.9 Å². The van der Waals surface area contributed by atoms with Crippen molar-refractivity contribution < 1.29 is 22.7 Å². The van der Waals surface area contributed by atoms with E-state index in [0.29, 0.717) is 17.2 Å². The standard InChI is InChI=1S/C19H23BrN2O5S/c1-14-12-15(8-9-16(14)20)22(28(3,24)25)13-19(23)21-10-11-27-18-7-5-4-6-17(18)26-2/h4-9,12H,10-11,13H2,1-3H3,(H,21,23). The molecule has 0 fully saturated rings. The van der Waals surface area contributed by atoms with E-state index in [2.05, 4.69) is 21.2 Å². The first kappa shape index (κ1) is 22.0. The Labute approximate surface area is 173 Å². The Balaban J connectivity index is 1.94. The Morgan fingerprint density at radius 1 is 1.18 bits per heavy atom. The molecule has 28 heavy (non-hydrogen) atoms. The zero-order valence-electron chi connectivity index (χ0n) is 15.9. The molecule has 1 amide bonds. The number of nitrogens with one attached hydrogen (secondary N) is 1. The highest BCUT2D eigenvalue weighted by Crippen LogP contribution is 2.26. The van der Waals surface area contributed by atoms with Gasteiger partial charge in [0.25, 0.3) is 0 Å². The molecule has 0 heterocycles. The number of carbonyl (C=O) groups excluding carboxylic acids is 1. The molecule has 9 heteroatoms. The molecule has 0 saturated heterocycles. The Morgan fingerprint density at radius 2 is 1.86 bits per heavy atom. The van der Waals surface area contributed by atoms with Gasteiger partial charge in [0.2, 0.25) is 15.9 Å². The van der Waals surface area contributed by atoms with Crippen molar-refractivity contribution in [3.8, 4) is 11.5 Å². The van der Waals surface area contributed by atoms with Crippen LogP contribution in [0, 0.1) is 6.92 Å². The number of nitrogens with zero attached hydrogens (tertiary/aromatic N) is 1. The van der Waals surface area contributed by atoms with Crippen molar-refractivity contribution in [2.45, 2.75) is 6.92 Å². The van der Waals surface area contributed by atoms with Gasteiger partial charge in [0.1, 0.15) is 13.2 Å². The summed E-state index contributed by atoms with van der Waals surface area (Å²) in [6.45, 7) is 1.99. The first-order valence-corrected chi connectivity index (χ1v) is 11.1. The molecule has 0 spiro atoms. The summed E-state index contributed by atoms with van der Waals surface area (Å²) in [6, 6.07) is 12.3. The molecule has 1 N–H and O–H groups in total. The van der Waals surface area contributed by atoms with E-state index in [4.69, 9.17) is 9.47 Å². The largest absolute Gasteiger partial charge is 0.493 e. The van der Waals surface area contributed by atoms with Crippen LogP contribution in [0.5, 0.6) is 11.5 Å². The highest BCUT2D eigenvalue weighted by molar-refractivity contribution is 9.10. The van der Waals surface area contributed by atoms with E-state index in [9.17, 15) is 13.2 Å². The quantitative estimate of drug-likeness (QED) is 0.569. The van der Waals surface area contributed by atoms with Crippen molar-refractivity contribution in [3.05, 3.63) is 52.5 Å². The van der Waals surface area contributed by atoms with E-state index in [1.807, 2.05) is 19.1 Å². The number of aryl methyl sites for hydroxylation is 1. The van der Waals surface area contributed by atoms with Crippen molar-refractivity contribution in [2.24, 2.45) is 0 Å². The summed E-state index contributed by atoms with van der Waals surface area (Å²) in [5.41, 5.74) is 1.31. The maximum Gasteiger partial charge on any atom is 0.240 e. The maximum absolute atomic E-state index is 12.3. The molecule has 0 aromatic heterocycles. The molecular weight excluding hydrogens is 448 g/mol. The lowest BCUT2D eigenvalue weighted by molar-refractivity contribution is -0.119. The highest BCUT2D eigenvalue weighted by Gasteiger charge is 2.21. The smallest absolute Gasteiger partial charge is 0.240 e. The maximum atomic E-state index is 12.3. The normalized spacial score (nSPS) is 11.0. The molecule has 2 aromatic carbocycles. The van der Waals surface area contributed by atoms with Crippen LogP contribution in [-0.4, -0.2) is 47.4 Å². The first-order valence-electron chi connectivity index (χ1n) is 8.48. The molecule has 0 saturated carbocycles. The number of halogens is 1. The molecular formula is C19H23BrN2O5S. The number of amides is 1. The third-order valence-electron chi connectivity index (χ3n) is 3.87. The number of hydrogen-bond donors (Lipinski definition) is 1. The summed E-state index contributed by atoms with van der Waals surface area (Å²) >= 11 is 3.38. The fourth-order valence-electron chi connectivity index (χ4n) is 2.46. The molecule has 0 radical (unpaired) electrons. The summed E-state index contributed by atoms with van der Waals surface area (Å²) < 4.78 is 37.0. The van der Waals surface area contributed by atoms with Crippen LogP contribution in [0.15, 0.2) is 46.9 Å². The third-order valence-corrected chi connectivity index (χ3v) is 5.90. The number of rotatable bonds is 9. The van der Waals surface area contributed by atoms with E-state index in [-0.39, 0.29) is 19.7 Å². The van der Waals surface area contributed by atoms with Gasteiger partial charge in [0.05, 0.1) is 25.6 Å². The SMILES string of the molecule is COc1ccccc1OCCNC(=O)CN(c1ccc(Br)c(C)c1)S(C)(=O)=O. The third kappa shape index (κ3) is 6.13. The average Bonchev–Trinajstić information content (AvgIpc) is 2.65. The molecule has 2 rings (SSSR count). The van der Waals surface area contributed by atoms with Gasteiger partial charge in [-0.15, -0.1) is 0 Å². The van der Waals surface area contributed by atoms with E-state index in [0.717, 1.165) is 20.6 Å². The minimum atomic E-state index is -3.62. The second-order valence-electron chi connectivity index (χ2n) is 6.05. The Morgan fingerprint density at radius 3 is 2.46 bits per heavy atom. The van der Waals surface area contributed by atoms with Gasteiger partial charge in [0, 0.05) is 4.47 Å². The predicted octanol–water partition coefficient (Wildman–Crippen LogP) is 2.73. The zero-order valence-corrected chi connectivity index (χ0v) is 18.3. The first-order chi connectivity index (χ1) is 13.2. The van der Waals surface area contributed by atoms with Gasteiger partial charge in [-0.3, -0.25) is 9.10 Å². The van der Waals surface area contributed by atoms with Crippen LogP contribution in [0.4, 0.5) is 5.69 Å². The Hall–Kier alpha value is -2.26. The number of hydrogen-bond acceptors (Lipinski definition) is 5. The monoisotopic (exact) mass is 470 g/mol. The molecule has 0 bridgehead atoms. The Bertz CT molecular complexity index is 934. The molecule has 0 unspecified atom stereocenters. The van der Waals surface area contributed by atoms with Crippen molar-refractivity contribution in [1.29, 1.82) is 0 Å². The van der Waals surface area contributed by atoms with Crippen molar-refractivity contribution in [1.82, 2.24) is 5.32 Å². The van der Waals surface area contributed by atoms with Crippen LogP contribution in [0.25, 0.3) is 0 Å².